The van der Waals surface area contributed by atoms with Crippen LogP contribution in [-0.4, -0.2) is 82.9 Å². The number of benzene rings is 1. The monoisotopic (exact) mass is 489 g/mol. The average molecular weight is 490 g/mol. The van der Waals surface area contributed by atoms with Gasteiger partial charge in [-0.3, -0.25) is 14.1 Å². The van der Waals surface area contributed by atoms with E-state index in [1.807, 2.05) is 37.6 Å². The highest BCUT2D eigenvalue weighted by Crippen LogP contribution is 2.30. The van der Waals surface area contributed by atoms with Crippen LogP contribution >= 0.6 is 0 Å². The van der Waals surface area contributed by atoms with Gasteiger partial charge in [-0.1, -0.05) is 13.8 Å². The quantitative estimate of drug-likeness (QED) is 0.557. The number of imidazole rings is 1. The number of carbonyl (C=O) groups is 1. The van der Waals surface area contributed by atoms with Gasteiger partial charge in [0.15, 0.2) is 0 Å². The van der Waals surface area contributed by atoms with E-state index in [9.17, 15) is 4.79 Å². The van der Waals surface area contributed by atoms with Crippen molar-refractivity contribution in [3.63, 3.8) is 0 Å². The van der Waals surface area contributed by atoms with Crippen molar-refractivity contribution in [3.8, 4) is 0 Å². The summed E-state index contributed by atoms with van der Waals surface area (Å²) < 4.78 is 2.01. The average Bonchev–Trinajstić information content (AvgIpc) is 3.48. The van der Waals surface area contributed by atoms with Crippen LogP contribution in [0.2, 0.25) is 0 Å². The summed E-state index contributed by atoms with van der Waals surface area (Å²) in [6.45, 7) is 14.5. The molecule has 0 bridgehead atoms. The molecule has 1 amide bonds. The van der Waals surface area contributed by atoms with Crippen LogP contribution in [0, 0.1) is 12.8 Å². The summed E-state index contributed by atoms with van der Waals surface area (Å²) in [4.78, 5) is 30.5. The van der Waals surface area contributed by atoms with Gasteiger partial charge in [0.25, 0.3) is 5.91 Å². The lowest BCUT2D eigenvalue weighted by Gasteiger charge is -2.40. The number of fused-ring (bicyclic) bond motifs is 2. The SMILES string of the molecule is CC.Cc1nc2nccn2cc1N1CCN(CC2CCN(c3ccc4c(c3)CN(C)C4=O)CC2)CC1. The summed E-state index contributed by atoms with van der Waals surface area (Å²) in [6.07, 6.45) is 8.41. The number of piperazine rings is 1. The van der Waals surface area contributed by atoms with Crippen molar-refractivity contribution in [3.05, 3.63) is 53.6 Å². The third-order valence-corrected chi connectivity index (χ3v) is 7.83. The molecule has 0 unspecified atom stereocenters. The lowest BCUT2D eigenvalue weighted by molar-refractivity contribution is 0.0816. The molecule has 2 aromatic heterocycles. The molecule has 2 fully saturated rings. The molecule has 2 saturated heterocycles. The van der Waals surface area contributed by atoms with Crippen LogP contribution in [0.25, 0.3) is 5.78 Å². The highest BCUT2D eigenvalue weighted by Gasteiger charge is 2.27. The first-order valence-electron chi connectivity index (χ1n) is 13.5. The molecule has 1 aromatic carbocycles. The first kappa shape index (κ1) is 24.6. The Morgan fingerprint density at radius 2 is 1.75 bits per heavy atom. The zero-order valence-corrected chi connectivity index (χ0v) is 22.2. The summed E-state index contributed by atoms with van der Waals surface area (Å²) in [7, 11) is 1.88. The summed E-state index contributed by atoms with van der Waals surface area (Å²) in [6, 6.07) is 6.38. The van der Waals surface area contributed by atoms with Crippen molar-refractivity contribution in [1.29, 1.82) is 0 Å². The van der Waals surface area contributed by atoms with E-state index < -0.39 is 0 Å². The number of carbonyl (C=O) groups excluding carboxylic acids is 1. The van der Waals surface area contributed by atoms with Crippen molar-refractivity contribution in [1.82, 2.24) is 24.2 Å². The maximum Gasteiger partial charge on any atom is 0.254 e. The zero-order valence-electron chi connectivity index (χ0n) is 22.2. The van der Waals surface area contributed by atoms with E-state index in [0.717, 1.165) is 68.8 Å². The number of anilines is 2. The Morgan fingerprint density at radius 1 is 1.00 bits per heavy atom. The Bertz CT molecular complexity index is 1210. The molecule has 5 heterocycles. The summed E-state index contributed by atoms with van der Waals surface area (Å²) in [5.41, 5.74) is 5.59. The third-order valence-electron chi connectivity index (χ3n) is 7.83. The largest absolute Gasteiger partial charge is 0.372 e. The number of hydrogen-bond acceptors (Lipinski definition) is 6. The molecule has 36 heavy (non-hydrogen) atoms. The summed E-state index contributed by atoms with van der Waals surface area (Å²) in [5.74, 6) is 1.68. The number of piperidine rings is 1. The van der Waals surface area contributed by atoms with E-state index in [0.29, 0.717) is 0 Å². The number of hydrogen-bond donors (Lipinski definition) is 0. The van der Waals surface area contributed by atoms with Crippen LogP contribution in [0.1, 0.15) is 48.3 Å². The standard InChI is InChI=1S/C26H33N7O.C2H6/c1-19-24(18-33-10-7-27-26(33)28-19)32-13-11-30(12-14-32)16-20-5-8-31(9-6-20)22-3-4-23-21(15-22)17-29(2)25(23)34;1-2/h3-4,7,10,15,18,20H,5-6,8-9,11-14,16-17H2,1-2H3;1-2H3. The third kappa shape index (κ3) is 4.78. The Labute approximate surface area is 214 Å². The molecule has 0 radical (unpaired) electrons. The van der Waals surface area contributed by atoms with Crippen LogP contribution in [0.4, 0.5) is 11.4 Å². The fourth-order valence-corrected chi connectivity index (χ4v) is 5.79. The maximum absolute atomic E-state index is 12.2. The van der Waals surface area contributed by atoms with Gasteiger partial charge in [-0.15, -0.1) is 0 Å². The zero-order chi connectivity index (χ0) is 25.2. The van der Waals surface area contributed by atoms with Gasteiger partial charge in [0, 0.05) is 89.2 Å². The molecule has 0 N–H and O–H groups in total. The molecular formula is C28H39N7O. The first-order chi connectivity index (χ1) is 17.5. The highest BCUT2D eigenvalue weighted by molar-refractivity contribution is 5.98. The van der Waals surface area contributed by atoms with E-state index in [1.54, 1.807) is 11.1 Å². The van der Waals surface area contributed by atoms with E-state index in [4.69, 9.17) is 0 Å². The van der Waals surface area contributed by atoms with Crippen molar-refractivity contribution in [2.75, 3.05) is 62.7 Å². The highest BCUT2D eigenvalue weighted by atomic mass is 16.2. The molecule has 192 valence electrons. The number of nitrogens with zero attached hydrogens (tertiary/aromatic N) is 7. The van der Waals surface area contributed by atoms with Gasteiger partial charge < -0.3 is 14.7 Å². The molecule has 0 aliphatic carbocycles. The van der Waals surface area contributed by atoms with Gasteiger partial charge in [-0.05, 0) is 49.4 Å². The second-order valence-corrected chi connectivity index (χ2v) is 10.1. The van der Waals surface area contributed by atoms with E-state index in [-0.39, 0.29) is 5.91 Å². The number of amides is 1. The summed E-state index contributed by atoms with van der Waals surface area (Å²) >= 11 is 0. The second-order valence-electron chi connectivity index (χ2n) is 10.1. The van der Waals surface area contributed by atoms with Crippen molar-refractivity contribution in [2.24, 2.45) is 5.92 Å². The Morgan fingerprint density at radius 3 is 2.50 bits per heavy atom. The molecule has 3 aromatic rings. The fourth-order valence-electron chi connectivity index (χ4n) is 5.79. The van der Waals surface area contributed by atoms with E-state index in [2.05, 4.69) is 49.9 Å². The number of aromatic nitrogens is 3. The van der Waals surface area contributed by atoms with Gasteiger partial charge in [0.1, 0.15) is 0 Å². The maximum atomic E-state index is 12.2. The molecule has 0 spiro atoms. The lowest BCUT2D eigenvalue weighted by atomic mass is 9.95. The minimum absolute atomic E-state index is 0.147. The number of aryl methyl sites for hydroxylation is 1. The first-order valence-corrected chi connectivity index (χ1v) is 13.5. The van der Waals surface area contributed by atoms with Crippen LogP contribution < -0.4 is 9.80 Å². The second kappa shape index (κ2) is 10.5. The predicted octanol–water partition coefficient (Wildman–Crippen LogP) is 3.69. The van der Waals surface area contributed by atoms with Crippen molar-refractivity contribution in [2.45, 2.75) is 40.2 Å². The predicted molar refractivity (Wildman–Crippen MR) is 145 cm³/mol. The fraction of sp³-hybridized carbons (Fsp3) is 0.536. The topological polar surface area (TPSA) is 60.2 Å². The van der Waals surface area contributed by atoms with Gasteiger partial charge in [0.2, 0.25) is 5.78 Å². The Hall–Kier alpha value is -3.13. The summed E-state index contributed by atoms with van der Waals surface area (Å²) in [5, 5.41) is 0. The molecule has 8 heteroatoms. The molecule has 0 atom stereocenters. The van der Waals surface area contributed by atoms with Crippen LogP contribution in [0.15, 0.2) is 36.8 Å². The minimum atomic E-state index is 0.147. The minimum Gasteiger partial charge on any atom is -0.372 e. The van der Waals surface area contributed by atoms with Crippen molar-refractivity contribution >= 4 is 23.1 Å². The van der Waals surface area contributed by atoms with Crippen molar-refractivity contribution < 1.29 is 4.79 Å². The van der Waals surface area contributed by atoms with Gasteiger partial charge in [-0.25, -0.2) is 9.97 Å². The molecule has 8 nitrogen and oxygen atoms in total. The van der Waals surface area contributed by atoms with Gasteiger partial charge in [-0.2, -0.15) is 0 Å². The molecule has 3 aliphatic rings. The van der Waals surface area contributed by atoms with E-state index in [1.165, 1.54) is 36.3 Å². The van der Waals surface area contributed by atoms with Crippen LogP contribution in [0.5, 0.6) is 0 Å². The Balaban J connectivity index is 0.00000130. The molecule has 0 saturated carbocycles. The van der Waals surface area contributed by atoms with E-state index >= 15 is 0 Å². The van der Waals surface area contributed by atoms with Gasteiger partial charge >= 0.3 is 0 Å². The normalized spacial score (nSPS) is 19.0. The molecule has 3 aliphatic heterocycles. The molecule has 6 rings (SSSR count). The molecular weight excluding hydrogens is 450 g/mol. The van der Waals surface area contributed by atoms with Crippen LogP contribution in [0.3, 0.4) is 0 Å². The Kier molecular flexibility index (Phi) is 7.14. The smallest absolute Gasteiger partial charge is 0.254 e. The lowest BCUT2D eigenvalue weighted by Crippen LogP contribution is -2.49. The number of rotatable bonds is 4. The van der Waals surface area contributed by atoms with Gasteiger partial charge in [0.05, 0.1) is 11.4 Å². The van der Waals surface area contributed by atoms with Crippen LogP contribution in [-0.2, 0) is 6.54 Å².